The molecule has 7 nitrogen and oxygen atoms in total. The maximum absolute atomic E-state index is 12.0. The molecule has 138 valence electrons. The van der Waals surface area contributed by atoms with Crippen LogP contribution in [0, 0.1) is 0 Å². The Balaban J connectivity index is 1.45. The first-order chi connectivity index (χ1) is 13.1. The fourth-order valence-electron chi connectivity index (χ4n) is 2.34. The molecular formula is C19H17ClN4O3. The van der Waals surface area contributed by atoms with Crippen molar-refractivity contribution in [3.05, 3.63) is 82.6 Å². The first kappa shape index (κ1) is 18.6. The molecule has 0 bridgehead atoms. The Hall–Kier alpha value is -3.19. The number of halogens is 1. The molecular weight excluding hydrogens is 368 g/mol. The van der Waals surface area contributed by atoms with E-state index in [1.807, 2.05) is 36.4 Å². The summed E-state index contributed by atoms with van der Waals surface area (Å²) in [6, 6.07) is 16.8. The number of carbonyl (C=O) groups excluding carboxylic acids is 2. The number of amides is 1. The number of benzene rings is 2. The number of nitrogens with one attached hydrogen (secondary N) is 1. The van der Waals surface area contributed by atoms with Crippen LogP contribution in [0.4, 0.5) is 0 Å². The van der Waals surface area contributed by atoms with Gasteiger partial charge in [-0.3, -0.25) is 4.79 Å². The predicted octanol–water partition coefficient (Wildman–Crippen LogP) is 2.45. The molecule has 8 heteroatoms. The Morgan fingerprint density at radius 3 is 2.63 bits per heavy atom. The maximum atomic E-state index is 12.0. The zero-order valence-corrected chi connectivity index (χ0v) is 15.1. The summed E-state index contributed by atoms with van der Waals surface area (Å²) in [5.41, 5.74) is 1.93. The van der Waals surface area contributed by atoms with Crippen LogP contribution in [0.15, 0.2) is 60.8 Å². The van der Waals surface area contributed by atoms with Crippen LogP contribution in [0.1, 0.15) is 21.6 Å². The van der Waals surface area contributed by atoms with Crippen molar-refractivity contribution < 1.29 is 14.3 Å². The van der Waals surface area contributed by atoms with E-state index in [1.165, 1.54) is 10.9 Å². The van der Waals surface area contributed by atoms with E-state index in [1.54, 1.807) is 18.2 Å². The van der Waals surface area contributed by atoms with Gasteiger partial charge in [-0.25, -0.2) is 9.48 Å². The summed E-state index contributed by atoms with van der Waals surface area (Å²) in [6.07, 6.45) is 1.49. The van der Waals surface area contributed by atoms with Gasteiger partial charge in [0.05, 0.1) is 12.7 Å². The Kier molecular flexibility index (Phi) is 6.17. The van der Waals surface area contributed by atoms with Crippen molar-refractivity contribution in [1.29, 1.82) is 0 Å². The van der Waals surface area contributed by atoms with Crippen LogP contribution in [-0.2, 0) is 22.6 Å². The lowest BCUT2D eigenvalue weighted by molar-refractivity contribution is -0.124. The minimum absolute atomic E-state index is 0.0496. The van der Waals surface area contributed by atoms with E-state index in [2.05, 4.69) is 15.6 Å². The second-order valence-electron chi connectivity index (χ2n) is 5.77. The van der Waals surface area contributed by atoms with Crippen LogP contribution in [0.3, 0.4) is 0 Å². The van der Waals surface area contributed by atoms with E-state index in [9.17, 15) is 9.59 Å². The van der Waals surface area contributed by atoms with Gasteiger partial charge in [0.2, 0.25) is 0 Å². The Bertz CT molecular complexity index is 927. The molecule has 27 heavy (non-hydrogen) atoms. The average molecular weight is 385 g/mol. The van der Waals surface area contributed by atoms with Crippen LogP contribution in [-0.4, -0.2) is 33.5 Å². The molecule has 2 aromatic carbocycles. The molecule has 1 aromatic heterocycles. The monoisotopic (exact) mass is 384 g/mol. The number of ether oxygens (including phenoxy) is 1. The summed E-state index contributed by atoms with van der Waals surface area (Å²) in [6.45, 7) is 0.385. The quantitative estimate of drug-likeness (QED) is 0.632. The van der Waals surface area contributed by atoms with Crippen molar-refractivity contribution in [3.8, 4) is 0 Å². The third-order valence-corrected chi connectivity index (χ3v) is 3.88. The van der Waals surface area contributed by atoms with Gasteiger partial charge in [-0.2, -0.15) is 0 Å². The largest absolute Gasteiger partial charge is 0.451 e. The van der Waals surface area contributed by atoms with Crippen LogP contribution < -0.4 is 5.32 Å². The first-order valence-corrected chi connectivity index (χ1v) is 8.60. The highest BCUT2D eigenvalue weighted by Crippen LogP contribution is 2.10. The fraction of sp³-hybridized carbons (Fsp3) is 0.158. The summed E-state index contributed by atoms with van der Waals surface area (Å²) in [5, 5.41) is 10.9. The van der Waals surface area contributed by atoms with Gasteiger partial charge in [0.25, 0.3) is 5.91 Å². The number of rotatable bonds is 7. The molecule has 0 radical (unpaired) electrons. The molecule has 0 aliphatic carbocycles. The van der Waals surface area contributed by atoms with E-state index in [0.29, 0.717) is 18.1 Å². The SMILES string of the molecule is O=C(COC(=O)c1cn(Cc2ccccc2)nn1)NCc1cccc(Cl)c1. The van der Waals surface area contributed by atoms with Crippen molar-refractivity contribution in [1.82, 2.24) is 20.3 Å². The second kappa shape index (κ2) is 8.95. The molecule has 0 saturated heterocycles. The Morgan fingerprint density at radius 2 is 1.85 bits per heavy atom. The summed E-state index contributed by atoms with van der Waals surface area (Å²) < 4.78 is 6.51. The molecule has 3 rings (SSSR count). The number of hydrogen-bond acceptors (Lipinski definition) is 5. The number of aromatic nitrogens is 3. The summed E-state index contributed by atoms with van der Waals surface area (Å²) in [5.74, 6) is -1.12. The topological polar surface area (TPSA) is 86.1 Å². The lowest BCUT2D eigenvalue weighted by Gasteiger charge is -2.06. The molecule has 3 aromatic rings. The zero-order chi connectivity index (χ0) is 19.1. The lowest BCUT2D eigenvalue weighted by atomic mass is 10.2. The van der Waals surface area contributed by atoms with Gasteiger partial charge in [0.15, 0.2) is 12.3 Å². The third-order valence-electron chi connectivity index (χ3n) is 3.65. The molecule has 0 aliphatic heterocycles. The highest BCUT2D eigenvalue weighted by molar-refractivity contribution is 6.30. The van der Waals surface area contributed by atoms with Crippen molar-refractivity contribution in [2.24, 2.45) is 0 Å². The summed E-state index contributed by atoms with van der Waals surface area (Å²) in [7, 11) is 0. The molecule has 0 spiro atoms. The van der Waals surface area contributed by atoms with Gasteiger partial charge >= 0.3 is 5.97 Å². The van der Waals surface area contributed by atoms with Crippen LogP contribution in [0.2, 0.25) is 5.02 Å². The second-order valence-corrected chi connectivity index (χ2v) is 6.21. The molecule has 0 fully saturated rings. The predicted molar refractivity (Wildman–Crippen MR) is 99.1 cm³/mol. The number of carbonyl (C=O) groups is 2. The van der Waals surface area contributed by atoms with Crippen LogP contribution in [0.25, 0.3) is 0 Å². The van der Waals surface area contributed by atoms with Gasteiger partial charge in [-0.15, -0.1) is 5.10 Å². The molecule has 0 aliphatic rings. The van der Waals surface area contributed by atoms with Gasteiger partial charge in [0.1, 0.15) is 0 Å². The standard InChI is InChI=1S/C19H17ClN4O3/c20-16-8-4-7-15(9-16)10-21-18(25)13-27-19(26)17-12-24(23-22-17)11-14-5-2-1-3-6-14/h1-9,12H,10-11,13H2,(H,21,25). The Morgan fingerprint density at radius 1 is 1.07 bits per heavy atom. The van der Waals surface area contributed by atoms with Crippen molar-refractivity contribution >= 4 is 23.5 Å². The molecule has 1 N–H and O–H groups in total. The smallest absolute Gasteiger partial charge is 0.361 e. The van der Waals surface area contributed by atoms with Crippen molar-refractivity contribution in [2.75, 3.05) is 6.61 Å². The van der Waals surface area contributed by atoms with Crippen molar-refractivity contribution in [2.45, 2.75) is 13.1 Å². The number of nitrogens with zero attached hydrogens (tertiary/aromatic N) is 3. The molecule has 0 saturated carbocycles. The molecule has 1 heterocycles. The minimum atomic E-state index is -0.702. The Labute approximate surface area is 160 Å². The molecule has 0 atom stereocenters. The first-order valence-electron chi connectivity index (χ1n) is 8.22. The van der Waals surface area contributed by atoms with Gasteiger partial charge in [0, 0.05) is 11.6 Å². The van der Waals surface area contributed by atoms with Crippen LogP contribution in [0.5, 0.6) is 0 Å². The van der Waals surface area contributed by atoms with Gasteiger partial charge < -0.3 is 10.1 Å². The highest BCUT2D eigenvalue weighted by Gasteiger charge is 2.14. The molecule has 0 unspecified atom stereocenters. The average Bonchev–Trinajstić information content (AvgIpc) is 3.14. The zero-order valence-electron chi connectivity index (χ0n) is 14.3. The fourth-order valence-corrected chi connectivity index (χ4v) is 2.56. The van der Waals surface area contributed by atoms with Gasteiger partial charge in [-0.05, 0) is 23.3 Å². The van der Waals surface area contributed by atoms with E-state index in [-0.39, 0.29) is 5.69 Å². The number of hydrogen-bond donors (Lipinski definition) is 1. The van der Waals surface area contributed by atoms with Gasteiger partial charge in [-0.1, -0.05) is 59.3 Å². The summed E-state index contributed by atoms with van der Waals surface area (Å²) in [4.78, 5) is 23.8. The van der Waals surface area contributed by atoms with Crippen molar-refractivity contribution in [3.63, 3.8) is 0 Å². The van der Waals surface area contributed by atoms with E-state index >= 15 is 0 Å². The van der Waals surface area contributed by atoms with Crippen LogP contribution >= 0.6 is 11.6 Å². The van der Waals surface area contributed by atoms with E-state index in [4.69, 9.17) is 16.3 Å². The normalized spacial score (nSPS) is 10.4. The number of esters is 1. The maximum Gasteiger partial charge on any atom is 0.361 e. The van der Waals surface area contributed by atoms with E-state index < -0.39 is 18.5 Å². The highest BCUT2D eigenvalue weighted by atomic mass is 35.5. The third kappa shape index (κ3) is 5.65. The minimum Gasteiger partial charge on any atom is -0.451 e. The van der Waals surface area contributed by atoms with E-state index in [0.717, 1.165) is 11.1 Å². The summed E-state index contributed by atoms with van der Waals surface area (Å²) >= 11 is 5.89. The lowest BCUT2D eigenvalue weighted by Crippen LogP contribution is -2.28. The molecule has 1 amide bonds.